The third-order valence-corrected chi connectivity index (χ3v) is 30.6. The van der Waals surface area contributed by atoms with Crippen molar-refractivity contribution in [1.82, 2.24) is 0 Å². The molecule has 10 heteroatoms. The molecule has 0 aliphatic heterocycles. The maximum atomic E-state index is 15.2. The molecule has 1 unspecified atom stereocenters. The van der Waals surface area contributed by atoms with Crippen molar-refractivity contribution in [3.63, 3.8) is 0 Å². The largest absolute Gasteiger partial charge is 0.493 e. The predicted octanol–water partition coefficient (Wildman–Crippen LogP) is 36.3. The second-order valence-corrected chi connectivity index (χ2v) is 41.4. The zero-order valence-electron chi connectivity index (χ0n) is 86.4. The fourth-order valence-electron chi connectivity index (χ4n) is 21.3. The molecule has 16 rings (SSSR count). The maximum absolute atomic E-state index is 15.2. The minimum atomic E-state index is -0.529. The van der Waals surface area contributed by atoms with Crippen molar-refractivity contribution in [3.05, 3.63) is 338 Å². The van der Waals surface area contributed by atoms with Crippen LogP contribution in [0.4, 0.5) is 17.6 Å². The quantitative estimate of drug-likeness (QED) is 0.0127. The van der Waals surface area contributed by atoms with Gasteiger partial charge in [-0.3, -0.25) is 4.79 Å². The lowest BCUT2D eigenvalue weighted by Crippen LogP contribution is -2.15. The van der Waals surface area contributed by atoms with E-state index in [1.54, 1.807) is 30.7 Å². The van der Waals surface area contributed by atoms with Crippen molar-refractivity contribution < 1.29 is 46.0 Å². The van der Waals surface area contributed by atoms with Gasteiger partial charge in [-0.2, -0.15) is 0 Å². The summed E-state index contributed by atoms with van der Waals surface area (Å²) in [6.45, 7) is 44.6. The Morgan fingerprint density at radius 3 is 1.56 bits per heavy atom. The second kappa shape index (κ2) is 53.4. The molecule has 742 valence electrons. The number of esters is 1. The van der Waals surface area contributed by atoms with Crippen LogP contribution < -0.4 is 14.2 Å². The number of unbranched alkanes of at least 4 members (excludes halogenated alkanes) is 3. The Hall–Kier alpha value is -10.7. The van der Waals surface area contributed by atoms with Gasteiger partial charge in [0.1, 0.15) is 40.5 Å². The van der Waals surface area contributed by atoms with Crippen LogP contribution in [0.3, 0.4) is 0 Å². The summed E-state index contributed by atoms with van der Waals surface area (Å²) in [6, 6.07) is 59.1. The lowest BCUT2D eigenvalue weighted by atomic mass is 9.78. The molecule has 0 amide bonds. The van der Waals surface area contributed by atoms with Crippen molar-refractivity contribution in [2.24, 2.45) is 23.7 Å². The average Bonchev–Trinajstić information content (AvgIpc) is 0.919. The van der Waals surface area contributed by atoms with Gasteiger partial charge in [-0.05, 0) is 407 Å². The predicted molar refractivity (Wildman–Crippen MR) is 579 cm³/mol. The van der Waals surface area contributed by atoms with Gasteiger partial charge in [-0.1, -0.05) is 275 Å². The topological polar surface area (TPSA) is 63.2 Å². The van der Waals surface area contributed by atoms with Crippen molar-refractivity contribution in [2.45, 2.75) is 306 Å². The van der Waals surface area contributed by atoms with E-state index in [0.29, 0.717) is 53.7 Å². The number of hydrogen-bond acceptors (Lipinski definition) is 6. The van der Waals surface area contributed by atoms with Gasteiger partial charge < -0.3 is 23.7 Å². The van der Waals surface area contributed by atoms with E-state index >= 15 is 8.78 Å². The van der Waals surface area contributed by atoms with Crippen LogP contribution in [0.2, 0.25) is 0 Å². The zero-order valence-corrected chi connectivity index (χ0v) is 86.4. The van der Waals surface area contributed by atoms with Crippen molar-refractivity contribution >= 4 is 5.97 Å². The summed E-state index contributed by atoms with van der Waals surface area (Å²) in [7, 11) is 0. The monoisotopic (exact) mass is 1890 g/mol. The molecule has 6 nitrogen and oxygen atoms in total. The summed E-state index contributed by atoms with van der Waals surface area (Å²) in [5.41, 5.74) is 34.0. The summed E-state index contributed by atoms with van der Waals surface area (Å²) >= 11 is 0. The fraction of sp³-hybridized carbons (Fsp3) is 0.438. The Morgan fingerprint density at radius 1 is 0.371 bits per heavy atom. The summed E-state index contributed by atoms with van der Waals surface area (Å²) in [5, 5.41) is 0. The number of benzene rings is 10. The highest BCUT2D eigenvalue weighted by Gasteiger charge is 2.27. The van der Waals surface area contributed by atoms with Crippen LogP contribution in [0.1, 0.15) is 307 Å². The van der Waals surface area contributed by atoms with E-state index in [9.17, 15) is 13.6 Å². The van der Waals surface area contributed by atoms with E-state index in [1.165, 1.54) is 200 Å². The number of ether oxygens (including phenoxy) is 5. The van der Waals surface area contributed by atoms with E-state index in [0.717, 1.165) is 219 Å². The molecule has 1 atom stereocenters. The SMILES string of the molecule is C=C1CC=C(CCOc2ccc(-c3ccc(C4CCC(C)CC4)cc3CC)cc2CC)CC1.C=C1CC=C(COCCCCCCC(=O)Oc2cc(F)c(-c3ccc(C4CCC(C)CC4)c(F)c3)cc2CC)C1.C=C1CCC(CCCOc2ccc(-c3ccc(-c4ccc(C)c(C)c4)cc3C)cc2CC)C1.C=C1CCC(COCCc2ccc(-c3ccc(-c4c(F)cc(C)cc4F)cc3)cc2CC)CC1. The minimum absolute atomic E-state index is 0.0277. The highest BCUT2D eigenvalue weighted by Crippen LogP contribution is 2.44. The Morgan fingerprint density at radius 2 is 0.929 bits per heavy atom. The van der Waals surface area contributed by atoms with Crippen LogP contribution >= 0.6 is 0 Å². The lowest BCUT2D eigenvalue weighted by Gasteiger charge is -2.27. The molecular formula is C130H158F4O6. The van der Waals surface area contributed by atoms with Crippen molar-refractivity contribution in [1.29, 1.82) is 0 Å². The van der Waals surface area contributed by atoms with E-state index in [1.807, 2.05) is 31.2 Å². The van der Waals surface area contributed by atoms with Gasteiger partial charge >= 0.3 is 5.97 Å². The lowest BCUT2D eigenvalue weighted by molar-refractivity contribution is -0.134. The molecule has 0 N–H and O–H groups in total. The molecule has 0 saturated heterocycles. The van der Waals surface area contributed by atoms with Crippen LogP contribution in [0.25, 0.3) is 66.8 Å². The molecule has 140 heavy (non-hydrogen) atoms. The number of hydrogen-bond donors (Lipinski definition) is 0. The molecule has 4 saturated carbocycles. The summed E-state index contributed by atoms with van der Waals surface area (Å²) < 4.78 is 88.8. The Labute approximate surface area is 838 Å². The molecule has 10 aromatic carbocycles. The van der Waals surface area contributed by atoms with E-state index in [2.05, 4.69) is 210 Å². The molecule has 4 fully saturated rings. The van der Waals surface area contributed by atoms with Crippen LogP contribution in [0, 0.1) is 74.6 Å². The number of allylic oxidation sites excluding steroid dienone is 6. The fourth-order valence-corrected chi connectivity index (χ4v) is 21.3. The first-order chi connectivity index (χ1) is 67.8. The molecule has 10 aromatic rings. The van der Waals surface area contributed by atoms with Gasteiger partial charge in [-0.15, -0.1) is 0 Å². The van der Waals surface area contributed by atoms with Crippen molar-refractivity contribution in [3.8, 4) is 84.0 Å². The van der Waals surface area contributed by atoms with Gasteiger partial charge in [-0.25, -0.2) is 17.6 Å². The first-order valence-electron chi connectivity index (χ1n) is 53.3. The first kappa shape index (κ1) is 107. The molecular weight excluding hydrogens is 1730 g/mol. The highest BCUT2D eigenvalue weighted by atomic mass is 19.1. The van der Waals surface area contributed by atoms with Crippen molar-refractivity contribution in [2.75, 3.05) is 39.6 Å². The first-order valence-corrected chi connectivity index (χ1v) is 53.3. The molecule has 6 aliphatic carbocycles. The summed E-state index contributed by atoms with van der Waals surface area (Å²) in [5.74, 6) is 4.22. The smallest absolute Gasteiger partial charge is 0.311 e. The van der Waals surface area contributed by atoms with Crippen LogP contribution in [0.15, 0.2) is 248 Å². The Balaban J connectivity index is 0.000000158. The molecule has 0 bridgehead atoms. The summed E-state index contributed by atoms with van der Waals surface area (Å²) in [4.78, 5) is 12.5. The Bertz CT molecular complexity index is 5890. The van der Waals surface area contributed by atoms with Gasteiger partial charge in [0.25, 0.3) is 0 Å². The van der Waals surface area contributed by atoms with Gasteiger partial charge in [0.05, 0.1) is 32.0 Å². The molecule has 0 aromatic heterocycles. The third-order valence-electron chi connectivity index (χ3n) is 30.6. The van der Waals surface area contributed by atoms with Crippen LogP contribution in [-0.2, 0) is 52.8 Å². The number of carbonyl (C=O) groups excluding carboxylic acids is 1. The standard InChI is InChI=1S/C35H44F2O3.C32H38O.C32H42O.C31H34F2O/c1-4-27-20-31(29-16-17-30(32(36)21-29)28-14-11-24(2)12-15-28)33(37)22-34(27)40-35(38)9-7-5-6-8-18-39-23-26-13-10-25(3)19-26;1-6-27-21-30(14-16-32(27)33-17-7-8-26-11-9-22(2)18-26)31-15-13-29(20-25(31)5)28-12-10-23(3)24(4)19-28;1-5-26-21-29(28-13-9-24(4)10-14-28)15-17-31(26)30-16-18-32(27(6-2)22-30)33-20-19-25-11-7-23(3)8-12-25;1-4-24-19-28(14-11-26(24)15-16-34-20-23-7-5-21(2)6-8-23)25-9-12-27(13-10-25)31-29(32)17-22(3)18-30(31)33/h13,16-17,20-22,24,28H,3-12,14-15,18-19,23H2,1-2H3;10,12-16,19-21,26H,2,6-9,11,17-18H2,1,3-5H3;11,15-18,21-22,24,28H,3,5-10,12-14,19-20H2,1-2,4H3;9-14,17-19,23H,2,4-8,15-16,20H2,1,3H3. The average molecular weight is 1890 g/mol. The van der Waals surface area contributed by atoms with Crippen LogP contribution in [-0.4, -0.2) is 45.6 Å². The van der Waals surface area contributed by atoms with E-state index in [4.69, 9.17) is 23.7 Å². The zero-order chi connectivity index (χ0) is 99.1. The molecule has 0 spiro atoms. The van der Waals surface area contributed by atoms with E-state index < -0.39 is 17.5 Å². The Kier molecular flexibility index (Phi) is 40.7. The third kappa shape index (κ3) is 30.7. The highest BCUT2D eigenvalue weighted by molar-refractivity contribution is 5.78. The maximum Gasteiger partial charge on any atom is 0.311 e. The second-order valence-electron chi connectivity index (χ2n) is 41.4. The number of carbonyl (C=O) groups is 1. The number of aryl methyl sites for hydroxylation is 9. The van der Waals surface area contributed by atoms with Crippen LogP contribution in [0.5, 0.6) is 17.2 Å². The number of rotatable bonds is 37. The van der Waals surface area contributed by atoms with Gasteiger partial charge in [0, 0.05) is 37.7 Å². The number of halogens is 4. The summed E-state index contributed by atoms with van der Waals surface area (Å²) in [6.07, 6.45) is 40.7. The molecule has 0 heterocycles. The normalized spacial score (nSPS) is 17.7. The van der Waals surface area contributed by atoms with E-state index in [-0.39, 0.29) is 35.4 Å². The molecule has 0 radical (unpaired) electrons. The van der Waals surface area contributed by atoms with Gasteiger partial charge in [0.2, 0.25) is 0 Å². The minimum Gasteiger partial charge on any atom is -0.493 e. The molecule has 6 aliphatic rings. The van der Waals surface area contributed by atoms with Gasteiger partial charge in [0.15, 0.2) is 0 Å².